The molecule has 1 aliphatic rings. The summed E-state index contributed by atoms with van der Waals surface area (Å²) in [6.45, 7) is 1.72. The van der Waals surface area contributed by atoms with Gasteiger partial charge in [-0.3, -0.25) is 0 Å². The minimum absolute atomic E-state index is 0.00736. The molecule has 0 fully saturated rings. The van der Waals surface area contributed by atoms with Crippen LogP contribution in [0.3, 0.4) is 0 Å². The lowest BCUT2D eigenvalue weighted by Crippen LogP contribution is -2.15. The summed E-state index contributed by atoms with van der Waals surface area (Å²) in [6, 6.07) is 0. The highest BCUT2D eigenvalue weighted by atomic mass is 35.5. The summed E-state index contributed by atoms with van der Waals surface area (Å²) in [6.07, 6.45) is 8.79. The van der Waals surface area contributed by atoms with Crippen LogP contribution in [0.1, 0.15) is 11.8 Å². The molecule has 1 aliphatic carbocycles. The molecule has 2 atom stereocenters. The Bertz CT molecular complexity index is 560. The van der Waals surface area contributed by atoms with Crippen molar-refractivity contribution in [2.45, 2.75) is 13.3 Å². The zero-order valence-electron chi connectivity index (χ0n) is 10.3. The van der Waals surface area contributed by atoms with Crippen molar-refractivity contribution >= 4 is 17.6 Å². The minimum atomic E-state index is -0.971. The van der Waals surface area contributed by atoms with E-state index in [0.29, 0.717) is 23.2 Å². The molecule has 0 spiro atoms. The highest BCUT2D eigenvalue weighted by Gasteiger charge is 2.21. The molecule has 6 heteroatoms. The minimum Gasteiger partial charge on any atom is -0.478 e. The van der Waals surface area contributed by atoms with E-state index in [1.54, 1.807) is 19.1 Å². The van der Waals surface area contributed by atoms with Crippen LogP contribution in [0.5, 0.6) is 0 Å². The van der Waals surface area contributed by atoms with Crippen molar-refractivity contribution in [2.24, 2.45) is 11.8 Å². The third kappa shape index (κ3) is 3.79. The normalized spacial score (nSPS) is 22.7. The first-order valence-electron chi connectivity index (χ1n) is 5.80. The van der Waals surface area contributed by atoms with E-state index in [9.17, 15) is 4.79 Å². The molecule has 2 rings (SSSR count). The standard InChI is InChI=1S/C13H13ClN2O3/c1-8-15-16-12(19-8)7-10-6-11(14)4-2-9(10)3-5-13(17)18/h2-6,9-10H,7H2,1H3,(H,17,18)/b5-3+. The maximum Gasteiger partial charge on any atom is 0.327 e. The molecule has 1 aromatic rings. The summed E-state index contributed by atoms with van der Waals surface area (Å²) in [5.41, 5.74) is 0. The molecule has 0 saturated carbocycles. The topological polar surface area (TPSA) is 76.2 Å². The van der Waals surface area contributed by atoms with Gasteiger partial charge in [0.15, 0.2) is 0 Å². The van der Waals surface area contributed by atoms with Crippen LogP contribution in [-0.2, 0) is 11.2 Å². The van der Waals surface area contributed by atoms with E-state index >= 15 is 0 Å². The Labute approximate surface area is 115 Å². The number of allylic oxidation sites excluding steroid dienone is 5. The van der Waals surface area contributed by atoms with Gasteiger partial charge in [0.1, 0.15) is 0 Å². The van der Waals surface area contributed by atoms with E-state index in [0.717, 1.165) is 6.08 Å². The van der Waals surface area contributed by atoms with Crippen LogP contribution in [0.25, 0.3) is 0 Å². The Kier molecular flexibility index (Phi) is 4.16. The molecule has 0 aliphatic heterocycles. The lowest BCUT2D eigenvalue weighted by Gasteiger charge is -2.20. The molecular weight excluding hydrogens is 268 g/mol. The molecule has 0 aromatic carbocycles. The number of aryl methyl sites for hydroxylation is 1. The van der Waals surface area contributed by atoms with Crippen LogP contribution >= 0.6 is 11.6 Å². The first-order chi connectivity index (χ1) is 9.04. The number of carboxylic acids is 1. The fourth-order valence-electron chi connectivity index (χ4n) is 1.93. The predicted molar refractivity (Wildman–Crippen MR) is 69.6 cm³/mol. The van der Waals surface area contributed by atoms with E-state index < -0.39 is 5.97 Å². The number of rotatable bonds is 4. The summed E-state index contributed by atoms with van der Waals surface area (Å²) < 4.78 is 5.34. The van der Waals surface area contributed by atoms with Crippen molar-refractivity contribution < 1.29 is 14.3 Å². The number of carbonyl (C=O) groups is 1. The van der Waals surface area contributed by atoms with E-state index in [2.05, 4.69) is 10.2 Å². The maximum absolute atomic E-state index is 10.6. The highest BCUT2D eigenvalue weighted by Crippen LogP contribution is 2.28. The maximum atomic E-state index is 10.6. The second-order valence-electron chi connectivity index (χ2n) is 4.27. The van der Waals surface area contributed by atoms with Crippen molar-refractivity contribution in [3.8, 4) is 0 Å². The van der Waals surface area contributed by atoms with Gasteiger partial charge in [-0.1, -0.05) is 29.8 Å². The lowest BCUT2D eigenvalue weighted by molar-refractivity contribution is -0.131. The van der Waals surface area contributed by atoms with Crippen molar-refractivity contribution in [2.75, 3.05) is 0 Å². The van der Waals surface area contributed by atoms with Crippen LogP contribution in [0, 0.1) is 18.8 Å². The number of aliphatic carboxylic acids is 1. The van der Waals surface area contributed by atoms with Gasteiger partial charge < -0.3 is 9.52 Å². The molecule has 0 bridgehead atoms. The molecule has 5 nitrogen and oxygen atoms in total. The Balaban J connectivity index is 2.14. The van der Waals surface area contributed by atoms with Gasteiger partial charge in [-0.15, -0.1) is 10.2 Å². The number of hydrogen-bond acceptors (Lipinski definition) is 4. The van der Waals surface area contributed by atoms with Crippen LogP contribution in [0.4, 0.5) is 0 Å². The second kappa shape index (κ2) is 5.84. The molecule has 100 valence electrons. The van der Waals surface area contributed by atoms with Gasteiger partial charge in [0.2, 0.25) is 11.8 Å². The van der Waals surface area contributed by atoms with E-state index in [1.165, 1.54) is 0 Å². The molecule has 0 radical (unpaired) electrons. The Morgan fingerprint density at radius 1 is 1.58 bits per heavy atom. The molecule has 19 heavy (non-hydrogen) atoms. The molecular formula is C13H13ClN2O3. The fraction of sp³-hybridized carbons (Fsp3) is 0.308. The highest BCUT2D eigenvalue weighted by molar-refractivity contribution is 6.31. The van der Waals surface area contributed by atoms with Crippen LogP contribution < -0.4 is 0 Å². The van der Waals surface area contributed by atoms with Gasteiger partial charge in [-0.25, -0.2) is 4.79 Å². The van der Waals surface area contributed by atoms with E-state index in [-0.39, 0.29) is 11.8 Å². The third-order valence-electron chi connectivity index (χ3n) is 2.78. The average Bonchev–Trinajstić information content (AvgIpc) is 2.73. The summed E-state index contributed by atoms with van der Waals surface area (Å²) >= 11 is 5.98. The average molecular weight is 281 g/mol. The zero-order valence-corrected chi connectivity index (χ0v) is 11.0. The first-order valence-corrected chi connectivity index (χ1v) is 6.18. The van der Waals surface area contributed by atoms with Crippen molar-refractivity contribution in [1.82, 2.24) is 10.2 Å². The predicted octanol–water partition coefficient (Wildman–Crippen LogP) is 2.49. The number of halogens is 1. The van der Waals surface area contributed by atoms with E-state index in [1.807, 2.05) is 12.2 Å². The lowest BCUT2D eigenvalue weighted by atomic mass is 9.85. The summed E-state index contributed by atoms with van der Waals surface area (Å²) in [5.74, 6) is 0.0153. The van der Waals surface area contributed by atoms with Gasteiger partial charge in [-0.2, -0.15) is 0 Å². The molecule has 2 unspecified atom stereocenters. The largest absolute Gasteiger partial charge is 0.478 e. The number of carboxylic acid groups (broad SMARTS) is 1. The van der Waals surface area contributed by atoms with Crippen LogP contribution in [0.2, 0.25) is 0 Å². The summed E-state index contributed by atoms with van der Waals surface area (Å²) in [4.78, 5) is 10.6. The monoisotopic (exact) mass is 280 g/mol. The fourth-order valence-corrected chi connectivity index (χ4v) is 2.17. The molecule has 1 aromatic heterocycles. The van der Waals surface area contributed by atoms with Crippen LogP contribution in [0.15, 0.2) is 39.8 Å². The third-order valence-corrected chi connectivity index (χ3v) is 3.04. The van der Waals surface area contributed by atoms with Gasteiger partial charge in [-0.05, 0) is 12.0 Å². The van der Waals surface area contributed by atoms with Gasteiger partial charge in [0.05, 0.1) is 0 Å². The summed E-state index contributed by atoms with van der Waals surface area (Å²) in [7, 11) is 0. The first kappa shape index (κ1) is 13.5. The zero-order chi connectivity index (χ0) is 13.8. The molecule has 1 N–H and O–H groups in total. The number of aromatic nitrogens is 2. The molecule has 1 heterocycles. The smallest absolute Gasteiger partial charge is 0.327 e. The van der Waals surface area contributed by atoms with Crippen molar-refractivity contribution in [3.63, 3.8) is 0 Å². The van der Waals surface area contributed by atoms with Crippen molar-refractivity contribution in [1.29, 1.82) is 0 Å². The Morgan fingerprint density at radius 3 is 3.00 bits per heavy atom. The SMILES string of the molecule is Cc1nnc(CC2C=C(Cl)C=CC2/C=C/C(=O)O)o1. The van der Waals surface area contributed by atoms with Crippen molar-refractivity contribution in [3.05, 3.63) is 47.2 Å². The Morgan fingerprint density at radius 2 is 2.37 bits per heavy atom. The second-order valence-corrected chi connectivity index (χ2v) is 4.70. The Hall–Kier alpha value is -1.88. The van der Waals surface area contributed by atoms with Gasteiger partial charge in [0, 0.05) is 30.4 Å². The van der Waals surface area contributed by atoms with Gasteiger partial charge >= 0.3 is 5.97 Å². The number of hydrogen-bond donors (Lipinski definition) is 1. The van der Waals surface area contributed by atoms with Gasteiger partial charge in [0.25, 0.3) is 0 Å². The van der Waals surface area contributed by atoms with Crippen LogP contribution in [-0.4, -0.2) is 21.3 Å². The molecule has 0 saturated heterocycles. The van der Waals surface area contributed by atoms with E-state index in [4.69, 9.17) is 21.1 Å². The quantitative estimate of drug-likeness (QED) is 0.858. The summed E-state index contributed by atoms with van der Waals surface area (Å²) in [5, 5.41) is 17.0. The number of nitrogens with zero attached hydrogens (tertiary/aromatic N) is 2. The molecule has 0 amide bonds.